The maximum Gasteiger partial charge on any atom is 0.261 e. The lowest BCUT2D eigenvalue weighted by Crippen LogP contribution is -2.47. The van der Waals surface area contributed by atoms with E-state index in [1.165, 1.54) is 11.8 Å². The summed E-state index contributed by atoms with van der Waals surface area (Å²) < 4.78 is 5.71. The van der Waals surface area contributed by atoms with Gasteiger partial charge >= 0.3 is 0 Å². The average Bonchev–Trinajstić information content (AvgIpc) is 2.66. The first kappa shape index (κ1) is 19.2. The van der Waals surface area contributed by atoms with Crippen molar-refractivity contribution in [1.82, 2.24) is 15.2 Å². The molecule has 1 aromatic carbocycles. The van der Waals surface area contributed by atoms with Crippen LogP contribution in [0.4, 0.5) is 5.69 Å². The minimum atomic E-state index is -0.595. The zero-order valence-electron chi connectivity index (χ0n) is 16.0. The van der Waals surface area contributed by atoms with Gasteiger partial charge in [0.1, 0.15) is 0 Å². The summed E-state index contributed by atoms with van der Waals surface area (Å²) in [4.78, 5) is 19.1. The summed E-state index contributed by atoms with van der Waals surface area (Å²) in [5.41, 5.74) is 8.43. The molecule has 0 radical (unpaired) electrons. The van der Waals surface area contributed by atoms with Crippen molar-refractivity contribution in [1.29, 1.82) is 0 Å². The molecule has 0 spiro atoms. The molecule has 3 rings (SSSR count). The predicted molar refractivity (Wildman–Crippen MR) is 106 cm³/mol. The topological polar surface area (TPSA) is 80.5 Å². The lowest BCUT2D eigenvalue weighted by molar-refractivity contribution is -0.128. The fourth-order valence-corrected chi connectivity index (χ4v) is 3.32. The Kier molecular flexibility index (Phi) is 6.29. The van der Waals surface area contributed by atoms with Crippen LogP contribution in [0.1, 0.15) is 30.9 Å². The Bertz CT molecular complexity index is 758. The number of pyridine rings is 1. The highest BCUT2D eigenvalue weighted by Crippen LogP contribution is 2.18. The molecule has 1 aliphatic rings. The Hall–Kier alpha value is -2.60. The van der Waals surface area contributed by atoms with E-state index in [0.717, 1.165) is 38.0 Å². The summed E-state index contributed by atoms with van der Waals surface area (Å²) in [5.74, 6) is 0.346. The fraction of sp³-hybridized carbons (Fsp3) is 0.429. The number of nitrogens with zero attached hydrogens (tertiary/aromatic N) is 2. The maximum atomic E-state index is 12.5. The SMILES string of the molecule is Cc1cc(N)cnc1OC(C)C(=O)NC1CCN(Cc2ccccc2)CC1. The Morgan fingerprint density at radius 3 is 2.70 bits per heavy atom. The van der Waals surface area contributed by atoms with Crippen molar-refractivity contribution in [3.05, 3.63) is 53.7 Å². The number of nitrogen functional groups attached to an aromatic ring is 1. The molecule has 1 aromatic heterocycles. The summed E-state index contributed by atoms with van der Waals surface area (Å²) in [6, 6.07) is 12.5. The van der Waals surface area contributed by atoms with Crippen LogP contribution in [-0.4, -0.2) is 41.0 Å². The molecule has 2 heterocycles. The lowest BCUT2D eigenvalue weighted by atomic mass is 10.0. The van der Waals surface area contributed by atoms with Crippen molar-refractivity contribution in [3.63, 3.8) is 0 Å². The molecular formula is C21H28N4O2. The number of nitrogens with two attached hydrogens (primary N) is 1. The quantitative estimate of drug-likeness (QED) is 0.819. The van der Waals surface area contributed by atoms with Crippen LogP contribution in [0.5, 0.6) is 5.88 Å². The van der Waals surface area contributed by atoms with Crippen LogP contribution in [-0.2, 0) is 11.3 Å². The van der Waals surface area contributed by atoms with Gasteiger partial charge in [-0.25, -0.2) is 4.98 Å². The number of likely N-dealkylation sites (tertiary alicyclic amines) is 1. The summed E-state index contributed by atoms with van der Waals surface area (Å²) in [7, 11) is 0. The van der Waals surface area contributed by atoms with Gasteiger partial charge in [-0.1, -0.05) is 30.3 Å². The number of carbonyl (C=O) groups is 1. The molecule has 0 aliphatic carbocycles. The third-order valence-corrected chi connectivity index (χ3v) is 4.89. The number of carbonyl (C=O) groups excluding carboxylic acids is 1. The number of ether oxygens (including phenoxy) is 1. The molecule has 2 aromatic rings. The van der Waals surface area contributed by atoms with Crippen molar-refractivity contribution in [2.45, 2.75) is 45.4 Å². The Morgan fingerprint density at radius 2 is 2.04 bits per heavy atom. The molecule has 144 valence electrons. The molecule has 0 saturated carbocycles. The molecule has 6 heteroatoms. The number of hydrogen-bond acceptors (Lipinski definition) is 5. The monoisotopic (exact) mass is 368 g/mol. The minimum absolute atomic E-state index is 0.102. The van der Waals surface area contributed by atoms with E-state index >= 15 is 0 Å². The summed E-state index contributed by atoms with van der Waals surface area (Å²) in [6.07, 6.45) is 2.84. The molecule has 1 amide bonds. The van der Waals surface area contributed by atoms with E-state index in [9.17, 15) is 4.79 Å². The van der Waals surface area contributed by atoms with Gasteiger partial charge in [-0.15, -0.1) is 0 Å². The second-order valence-electron chi connectivity index (χ2n) is 7.20. The van der Waals surface area contributed by atoms with Crippen molar-refractivity contribution >= 4 is 11.6 Å². The van der Waals surface area contributed by atoms with Gasteiger partial charge in [0.15, 0.2) is 6.10 Å². The number of aromatic nitrogens is 1. The number of benzene rings is 1. The normalized spacial score (nSPS) is 16.7. The van der Waals surface area contributed by atoms with Crippen molar-refractivity contribution in [3.8, 4) is 5.88 Å². The zero-order valence-corrected chi connectivity index (χ0v) is 16.0. The maximum absolute atomic E-state index is 12.5. The van der Waals surface area contributed by atoms with Crippen LogP contribution >= 0.6 is 0 Å². The Balaban J connectivity index is 1.44. The number of hydrogen-bond donors (Lipinski definition) is 2. The number of nitrogens with one attached hydrogen (secondary N) is 1. The van der Waals surface area contributed by atoms with Crippen molar-refractivity contribution in [2.24, 2.45) is 0 Å². The van der Waals surface area contributed by atoms with Gasteiger partial charge in [0.25, 0.3) is 5.91 Å². The van der Waals surface area contributed by atoms with Crippen molar-refractivity contribution < 1.29 is 9.53 Å². The van der Waals surface area contributed by atoms with Crippen LogP contribution in [0.25, 0.3) is 0 Å². The highest BCUT2D eigenvalue weighted by molar-refractivity contribution is 5.81. The molecule has 1 aliphatic heterocycles. The van der Waals surface area contributed by atoms with E-state index < -0.39 is 6.10 Å². The number of anilines is 1. The van der Waals surface area contributed by atoms with Gasteiger partial charge in [-0.2, -0.15) is 0 Å². The second-order valence-corrected chi connectivity index (χ2v) is 7.20. The van der Waals surface area contributed by atoms with E-state index in [1.54, 1.807) is 13.0 Å². The minimum Gasteiger partial charge on any atom is -0.464 e. The Labute approximate surface area is 160 Å². The number of amides is 1. The molecule has 3 N–H and O–H groups in total. The first-order valence-electron chi connectivity index (χ1n) is 9.46. The summed E-state index contributed by atoms with van der Waals surface area (Å²) in [6.45, 7) is 6.54. The highest BCUT2D eigenvalue weighted by atomic mass is 16.5. The van der Waals surface area contributed by atoms with E-state index in [4.69, 9.17) is 10.5 Å². The first-order chi connectivity index (χ1) is 13.0. The number of aryl methyl sites for hydroxylation is 1. The second kappa shape index (κ2) is 8.86. The fourth-order valence-electron chi connectivity index (χ4n) is 3.32. The molecule has 6 nitrogen and oxygen atoms in total. The average molecular weight is 368 g/mol. The zero-order chi connectivity index (χ0) is 19.2. The molecule has 1 atom stereocenters. The third kappa shape index (κ3) is 5.44. The standard InChI is InChI=1S/C21H28N4O2/c1-15-12-18(22)13-23-21(15)27-16(2)20(26)24-19-8-10-25(11-9-19)14-17-6-4-3-5-7-17/h3-7,12-13,16,19H,8-11,14,22H2,1-2H3,(H,24,26). The van der Waals surface area contributed by atoms with Gasteiger partial charge in [-0.3, -0.25) is 9.69 Å². The number of rotatable bonds is 6. The van der Waals surface area contributed by atoms with E-state index in [2.05, 4.69) is 39.5 Å². The molecule has 0 bridgehead atoms. The molecule has 1 fully saturated rings. The van der Waals surface area contributed by atoms with Crippen molar-refractivity contribution in [2.75, 3.05) is 18.8 Å². The van der Waals surface area contributed by atoms with E-state index in [0.29, 0.717) is 11.6 Å². The smallest absolute Gasteiger partial charge is 0.261 e. The van der Waals surface area contributed by atoms with Crippen LogP contribution in [0.2, 0.25) is 0 Å². The van der Waals surface area contributed by atoms with Crippen LogP contribution < -0.4 is 15.8 Å². The molecule has 27 heavy (non-hydrogen) atoms. The van der Waals surface area contributed by atoms with E-state index in [-0.39, 0.29) is 11.9 Å². The van der Waals surface area contributed by atoms with Crippen LogP contribution in [0, 0.1) is 6.92 Å². The molecular weight excluding hydrogens is 340 g/mol. The van der Waals surface area contributed by atoms with Gasteiger partial charge in [-0.05, 0) is 38.3 Å². The summed E-state index contributed by atoms with van der Waals surface area (Å²) in [5, 5.41) is 3.11. The van der Waals surface area contributed by atoms with Crippen LogP contribution in [0.3, 0.4) is 0 Å². The highest BCUT2D eigenvalue weighted by Gasteiger charge is 2.24. The van der Waals surface area contributed by atoms with Gasteiger partial charge in [0, 0.05) is 31.2 Å². The predicted octanol–water partition coefficient (Wildman–Crippen LogP) is 2.52. The third-order valence-electron chi connectivity index (χ3n) is 4.89. The first-order valence-corrected chi connectivity index (χ1v) is 9.46. The number of piperidine rings is 1. The lowest BCUT2D eigenvalue weighted by Gasteiger charge is -2.32. The van der Waals surface area contributed by atoms with Gasteiger partial charge < -0.3 is 15.8 Å². The summed E-state index contributed by atoms with van der Waals surface area (Å²) >= 11 is 0. The van der Waals surface area contributed by atoms with E-state index in [1.807, 2.05) is 13.0 Å². The van der Waals surface area contributed by atoms with Crippen LogP contribution in [0.15, 0.2) is 42.6 Å². The Morgan fingerprint density at radius 1 is 1.33 bits per heavy atom. The largest absolute Gasteiger partial charge is 0.464 e. The van der Waals surface area contributed by atoms with Gasteiger partial charge in [0.2, 0.25) is 5.88 Å². The van der Waals surface area contributed by atoms with Gasteiger partial charge in [0.05, 0.1) is 11.9 Å². The molecule has 1 saturated heterocycles. The molecule has 1 unspecified atom stereocenters.